The van der Waals surface area contributed by atoms with E-state index in [9.17, 15) is 0 Å². The highest BCUT2D eigenvalue weighted by Gasteiger charge is 2.37. The third-order valence-corrected chi connectivity index (χ3v) is 2.87. The van der Waals surface area contributed by atoms with E-state index in [1.165, 1.54) is 0 Å². The molecule has 1 fully saturated rings. The van der Waals surface area contributed by atoms with E-state index < -0.39 is 0 Å². The zero-order valence-corrected chi connectivity index (χ0v) is 10.6. The average molecular weight is 274 g/mol. The summed E-state index contributed by atoms with van der Waals surface area (Å²) in [6.07, 6.45) is 0. The first-order chi connectivity index (χ1) is 6.99. The van der Waals surface area contributed by atoms with Crippen LogP contribution < -0.4 is 5.59 Å². The Bertz CT molecular complexity index is 339. The van der Waals surface area contributed by atoms with Crippen LogP contribution >= 0.6 is 15.9 Å². The molecule has 0 saturated carbocycles. The summed E-state index contributed by atoms with van der Waals surface area (Å²) in [5.41, 5.74) is 0.903. The average Bonchev–Trinajstić information content (AvgIpc) is 2.48. The van der Waals surface area contributed by atoms with E-state index >= 15 is 0 Å². The summed E-state index contributed by atoms with van der Waals surface area (Å²) in [7, 11) is 1.45. The van der Waals surface area contributed by atoms with Crippen molar-refractivity contribution >= 4 is 28.6 Å². The largest absolute Gasteiger partial charge is 0.516 e. The van der Waals surface area contributed by atoms with Crippen LogP contribution in [-0.2, 0) is 16.4 Å². The van der Waals surface area contributed by atoms with E-state index in [1.807, 2.05) is 7.05 Å². The normalized spacial score (nSPS) is 20.7. The van der Waals surface area contributed by atoms with Crippen LogP contribution in [0.15, 0.2) is 4.60 Å². The highest BCUT2D eigenvalue weighted by atomic mass is 79.9. The summed E-state index contributed by atoms with van der Waals surface area (Å²) < 4.78 is 13.6. The van der Waals surface area contributed by atoms with Gasteiger partial charge in [-0.15, -0.1) is 5.10 Å². The Morgan fingerprint density at radius 1 is 1.40 bits per heavy atom. The van der Waals surface area contributed by atoms with Crippen LogP contribution in [0.25, 0.3) is 0 Å². The van der Waals surface area contributed by atoms with Gasteiger partial charge in [-0.05, 0) is 15.9 Å². The molecule has 1 aliphatic heterocycles. The lowest BCUT2D eigenvalue weighted by Crippen LogP contribution is -2.50. The molecule has 2 heterocycles. The second-order valence-electron chi connectivity index (χ2n) is 4.51. The molecule has 5 nitrogen and oxygen atoms in total. The summed E-state index contributed by atoms with van der Waals surface area (Å²) in [5.74, 6) is 0. The first-order valence-corrected chi connectivity index (χ1v) is 5.57. The molecule has 7 heteroatoms. The second kappa shape index (κ2) is 3.88. The Morgan fingerprint density at radius 3 is 2.47 bits per heavy atom. The van der Waals surface area contributed by atoms with Gasteiger partial charge in [0.15, 0.2) is 0 Å². The quantitative estimate of drug-likeness (QED) is 0.693. The van der Waals surface area contributed by atoms with Crippen LogP contribution in [0.5, 0.6) is 0 Å². The van der Waals surface area contributed by atoms with Crippen molar-refractivity contribution in [3.63, 3.8) is 0 Å². The van der Waals surface area contributed by atoms with Crippen LogP contribution in [0.1, 0.15) is 13.8 Å². The molecule has 1 aromatic heterocycles. The minimum atomic E-state index is -0.368. The minimum Gasteiger partial charge on any atom is -0.406 e. The molecule has 0 amide bonds. The van der Waals surface area contributed by atoms with Gasteiger partial charge in [-0.2, -0.15) is 0 Å². The number of aryl methyl sites for hydroxylation is 1. The summed E-state index contributed by atoms with van der Waals surface area (Å²) in [6, 6.07) is 0. The number of aromatic nitrogens is 3. The smallest absolute Gasteiger partial charge is 0.406 e. The number of nitrogens with zero attached hydrogens (tertiary/aromatic N) is 3. The maximum absolute atomic E-state index is 5.65. The monoisotopic (exact) mass is 273 g/mol. The van der Waals surface area contributed by atoms with Crippen molar-refractivity contribution in [3.05, 3.63) is 4.60 Å². The molecule has 0 unspecified atom stereocenters. The van der Waals surface area contributed by atoms with Crippen LogP contribution in [0.3, 0.4) is 0 Å². The van der Waals surface area contributed by atoms with Gasteiger partial charge in [-0.1, -0.05) is 19.1 Å². The fraction of sp³-hybridized carbons (Fsp3) is 0.750. The molecule has 2 rings (SSSR count). The maximum atomic E-state index is 5.65. The van der Waals surface area contributed by atoms with Gasteiger partial charge in [0.25, 0.3) is 0 Å². The van der Waals surface area contributed by atoms with Crippen molar-refractivity contribution in [3.8, 4) is 0 Å². The van der Waals surface area contributed by atoms with E-state index in [1.54, 1.807) is 4.68 Å². The third kappa shape index (κ3) is 2.24. The second-order valence-corrected chi connectivity index (χ2v) is 5.26. The molecule has 82 valence electrons. The molecule has 0 aliphatic carbocycles. The third-order valence-electron chi connectivity index (χ3n) is 2.30. The molecule has 0 atom stereocenters. The van der Waals surface area contributed by atoms with Crippen molar-refractivity contribution in [1.82, 2.24) is 15.0 Å². The van der Waals surface area contributed by atoms with E-state index in [0.29, 0.717) is 17.8 Å². The van der Waals surface area contributed by atoms with Gasteiger partial charge in [-0.25, -0.2) is 0 Å². The Labute approximate surface area is 97.4 Å². The number of hydrogen-bond donors (Lipinski definition) is 0. The Hall–Kier alpha value is -0.395. The first kappa shape index (κ1) is 11.1. The molecule has 15 heavy (non-hydrogen) atoms. The standard InChI is InChI=1S/C8H13BBrN3O2/c1-8(2)4-14-9(15-5-8)6-7(10)11-12-13(6)3/h4-5H2,1-3H3. The van der Waals surface area contributed by atoms with E-state index in [-0.39, 0.29) is 12.5 Å². The summed E-state index contributed by atoms with van der Waals surface area (Å²) in [4.78, 5) is 0. The van der Waals surface area contributed by atoms with Gasteiger partial charge < -0.3 is 9.31 Å². The zero-order chi connectivity index (χ0) is 11.1. The molecule has 1 aromatic rings. The number of rotatable bonds is 1. The van der Waals surface area contributed by atoms with Gasteiger partial charge in [0, 0.05) is 25.7 Å². The fourth-order valence-corrected chi connectivity index (χ4v) is 1.95. The van der Waals surface area contributed by atoms with Gasteiger partial charge in [0.1, 0.15) is 10.2 Å². The van der Waals surface area contributed by atoms with Crippen molar-refractivity contribution in [1.29, 1.82) is 0 Å². The van der Waals surface area contributed by atoms with Crippen molar-refractivity contribution < 1.29 is 9.31 Å². The summed E-state index contributed by atoms with van der Waals surface area (Å²) >= 11 is 3.33. The van der Waals surface area contributed by atoms with E-state index in [0.717, 1.165) is 5.59 Å². The molecule has 0 spiro atoms. The lowest BCUT2D eigenvalue weighted by atomic mass is 9.80. The highest BCUT2D eigenvalue weighted by molar-refractivity contribution is 9.10. The van der Waals surface area contributed by atoms with Crippen molar-refractivity contribution in [2.24, 2.45) is 12.5 Å². The fourth-order valence-electron chi connectivity index (χ4n) is 1.44. The van der Waals surface area contributed by atoms with Gasteiger partial charge in [-0.3, -0.25) is 4.68 Å². The molecule has 0 N–H and O–H groups in total. The predicted molar refractivity (Wildman–Crippen MR) is 59.8 cm³/mol. The Kier molecular flexibility index (Phi) is 2.87. The van der Waals surface area contributed by atoms with Crippen LogP contribution in [0.4, 0.5) is 0 Å². The molecule has 1 saturated heterocycles. The maximum Gasteiger partial charge on any atom is 0.516 e. The van der Waals surface area contributed by atoms with E-state index in [2.05, 4.69) is 40.1 Å². The molecule has 0 aromatic carbocycles. The zero-order valence-electron chi connectivity index (χ0n) is 9.03. The number of halogens is 1. The van der Waals surface area contributed by atoms with Crippen molar-refractivity contribution in [2.75, 3.05) is 13.2 Å². The minimum absolute atomic E-state index is 0.0784. The first-order valence-electron chi connectivity index (χ1n) is 4.78. The molecule has 0 bridgehead atoms. The number of hydrogen-bond acceptors (Lipinski definition) is 4. The molecule has 0 radical (unpaired) electrons. The summed E-state index contributed by atoms with van der Waals surface area (Å²) in [6.45, 7) is 5.57. The SMILES string of the molecule is Cn1nnc(Br)c1B1OCC(C)(C)CO1. The summed E-state index contributed by atoms with van der Waals surface area (Å²) in [5, 5.41) is 7.78. The Morgan fingerprint density at radius 2 is 2.00 bits per heavy atom. The topological polar surface area (TPSA) is 49.2 Å². The van der Waals surface area contributed by atoms with Crippen LogP contribution in [0.2, 0.25) is 0 Å². The van der Waals surface area contributed by atoms with Crippen LogP contribution in [0, 0.1) is 5.41 Å². The van der Waals surface area contributed by atoms with E-state index in [4.69, 9.17) is 9.31 Å². The van der Waals surface area contributed by atoms with Crippen molar-refractivity contribution in [2.45, 2.75) is 13.8 Å². The molecular weight excluding hydrogens is 261 g/mol. The lowest BCUT2D eigenvalue weighted by molar-refractivity contribution is 0.0336. The van der Waals surface area contributed by atoms with Gasteiger partial charge >= 0.3 is 7.12 Å². The van der Waals surface area contributed by atoms with Gasteiger partial charge in [0.05, 0.1) is 0 Å². The highest BCUT2D eigenvalue weighted by Crippen LogP contribution is 2.21. The van der Waals surface area contributed by atoms with Crippen LogP contribution in [-0.4, -0.2) is 35.3 Å². The Balaban J connectivity index is 2.14. The molecular formula is C8H13BBrN3O2. The van der Waals surface area contributed by atoms with Gasteiger partial charge in [0.2, 0.25) is 0 Å². The lowest BCUT2D eigenvalue weighted by Gasteiger charge is -2.32. The molecule has 1 aliphatic rings. The predicted octanol–water partition coefficient (Wildman–Crippen LogP) is 0.346.